The monoisotopic (exact) mass is 366 g/mol. The molecule has 2 aromatic rings. The summed E-state index contributed by atoms with van der Waals surface area (Å²) in [4.78, 5) is 0. The topological polar surface area (TPSA) is 40.8 Å². The normalized spacial score (nSPS) is 16.6. The number of hydrogen-bond donors (Lipinski definition) is 0. The van der Waals surface area contributed by atoms with Crippen LogP contribution in [0, 0.1) is 0 Å². The Bertz CT molecular complexity index is 639. The minimum atomic E-state index is -0.105. The van der Waals surface area contributed by atoms with E-state index in [4.69, 9.17) is 18.6 Å². The molecule has 24 heavy (non-hydrogen) atoms. The van der Waals surface area contributed by atoms with Gasteiger partial charge in [0.1, 0.15) is 9.84 Å². The van der Waals surface area contributed by atoms with Gasteiger partial charge in [-0.25, -0.2) is 0 Å². The number of furan rings is 1. The van der Waals surface area contributed by atoms with Crippen molar-refractivity contribution in [2.24, 2.45) is 0 Å². The maximum Gasteiger partial charge on any atom is 0.203 e. The molecule has 2 heterocycles. The van der Waals surface area contributed by atoms with Crippen molar-refractivity contribution >= 4 is 23.5 Å². The molecule has 0 atom stereocenters. The predicted molar refractivity (Wildman–Crippen MR) is 99.7 cm³/mol. The first-order valence-electron chi connectivity index (χ1n) is 7.83. The highest BCUT2D eigenvalue weighted by Crippen LogP contribution is 2.53. The van der Waals surface area contributed by atoms with Crippen LogP contribution in [-0.2, 0) is 10.5 Å². The highest BCUT2D eigenvalue weighted by Gasteiger charge is 2.39. The SMILES string of the molecule is COc1cc(CC2(c3ccco3)SCCCS2)cc(OC)c1OC. The van der Waals surface area contributed by atoms with Crippen LogP contribution in [-0.4, -0.2) is 32.8 Å². The number of benzene rings is 1. The van der Waals surface area contributed by atoms with Gasteiger partial charge in [-0.05, 0) is 47.8 Å². The molecule has 0 spiro atoms. The van der Waals surface area contributed by atoms with Crippen molar-refractivity contribution in [1.29, 1.82) is 0 Å². The van der Waals surface area contributed by atoms with Gasteiger partial charge in [0.2, 0.25) is 5.75 Å². The largest absolute Gasteiger partial charge is 0.493 e. The summed E-state index contributed by atoms with van der Waals surface area (Å²) >= 11 is 3.91. The molecule has 130 valence electrons. The molecule has 3 rings (SSSR count). The van der Waals surface area contributed by atoms with Crippen molar-refractivity contribution in [1.82, 2.24) is 0 Å². The highest BCUT2D eigenvalue weighted by atomic mass is 32.2. The zero-order valence-electron chi connectivity index (χ0n) is 14.2. The van der Waals surface area contributed by atoms with Gasteiger partial charge in [0.15, 0.2) is 11.5 Å². The number of thioether (sulfide) groups is 2. The molecule has 1 fully saturated rings. The quantitative estimate of drug-likeness (QED) is 0.746. The van der Waals surface area contributed by atoms with E-state index in [-0.39, 0.29) is 4.08 Å². The van der Waals surface area contributed by atoms with Crippen LogP contribution in [0.1, 0.15) is 17.7 Å². The average Bonchev–Trinajstić information content (AvgIpc) is 3.17. The number of ether oxygens (including phenoxy) is 3. The van der Waals surface area contributed by atoms with Crippen LogP contribution in [0.3, 0.4) is 0 Å². The molecule has 6 heteroatoms. The molecular formula is C18H22O4S2. The van der Waals surface area contributed by atoms with E-state index in [0.29, 0.717) is 17.2 Å². The van der Waals surface area contributed by atoms with Crippen molar-refractivity contribution in [3.63, 3.8) is 0 Å². The molecule has 1 aromatic heterocycles. The van der Waals surface area contributed by atoms with E-state index in [1.807, 2.05) is 41.7 Å². The highest BCUT2D eigenvalue weighted by molar-refractivity contribution is 8.18. The molecule has 0 bridgehead atoms. The third-order valence-electron chi connectivity index (χ3n) is 4.02. The van der Waals surface area contributed by atoms with Gasteiger partial charge in [-0.15, -0.1) is 23.5 Å². The number of hydrogen-bond acceptors (Lipinski definition) is 6. The van der Waals surface area contributed by atoms with Crippen LogP contribution in [0.2, 0.25) is 0 Å². The third-order valence-corrected chi connectivity index (χ3v) is 7.33. The van der Waals surface area contributed by atoms with Crippen LogP contribution in [0.4, 0.5) is 0 Å². The molecule has 1 aromatic carbocycles. The zero-order valence-corrected chi connectivity index (χ0v) is 15.8. The van der Waals surface area contributed by atoms with E-state index >= 15 is 0 Å². The predicted octanol–water partition coefficient (Wildman–Crippen LogP) is 4.57. The molecule has 0 aliphatic carbocycles. The van der Waals surface area contributed by atoms with E-state index < -0.39 is 0 Å². The molecule has 0 radical (unpaired) electrons. The fourth-order valence-corrected chi connectivity index (χ4v) is 6.21. The standard InChI is InChI=1S/C18H22O4S2/c1-19-14-10-13(11-15(20-2)17(14)21-3)12-18(16-6-4-7-22-16)23-8-5-9-24-18/h4,6-7,10-11H,5,8-9,12H2,1-3H3. The Morgan fingerprint density at radius 3 is 2.21 bits per heavy atom. The summed E-state index contributed by atoms with van der Waals surface area (Å²) in [5, 5.41) is 0. The Kier molecular flexibility index (Phi) is 5.56. The summed E-state index contributed by atoms with van der Waals surface area (Å²) in [5.74, 6) is 5.29. The van der Waals surface area contributed by atoms with Crippen LogP contribution in [0.25, 0.3) is 0 Å². The first kappa shape index (κ1) is 17.4. The van der Waals surface area contributed by atoms with Crippen LogP contribution in [0.5, 0.6) is 17.2 Å². The molecule has 4 nitrogen and oxygen atoms in total. The lowest BCUT2D eigenvalue weighted by Gasteiger charge is -2.34. The summed E-state index contributed by atoms with van der Waals surface area (Å²) in [6, 6.07) is 8.09. The Morgan fingerprint density at radius 2 is 1.71 bits per heavy atom. The smallest absolute Gasteiger partial charge is 0.203 e. The lowest BCUT2D eigenvalue weighted by Crippen LogP contribution is -2.25. The first-order valence-corrected chi connectivity index (χ1v) is 9.80. The molecule has 0 saturated carbocycles. The lowest BCUT2D eigenvalue weighted by molar-refractivity contribution is 0.323. The lowest BCUT2D eigenvalue weighted by atomic mass is 10.1. The summed E-state index contributed by atoms with van der Waals surface area (Å²) in [6.07, 6.45) is 3.82. The maximum atomic E-state index is 5.78. The van der Waals surface area contributed by atoms with Crippen LogP contribution in [0.15, 0.2) is 34.9 Å². The Hall–Kier alpha value is -1.40. The van der Waals surface area contributed by atoms with Gasteiger partial charge in [-0.3, -0.25) is 0 Å². The fraction of sp³-hybridized carbons (Fsp3) is 0.444. The van der Waals surface area contributed by atoms with E-state index in [0.717, 1.165) is 29.3 Å². The number of rotatable bonds is 6. The molecule has 1 aliphatic heterocycles. The van der Waals surface area contributed by atoms with Gasteiger partial charge in [0, 0.05) is 6.42 Å². The minimum absolute atomic E-state index is 0.105. The van der Waals surface area contributed by atoms with E-state index in [9.17, 15) is 0 Å². The fourth-order valence-electron chi connectivity index (χ4n) is 2.91. The summed E-state index contributed by atoms with van der Waals surface area (Å²) in [6.45, 7) is 0. The van der Waals surface area contributed by atoms with Crippen LogP contribution < -0.4 is 14.2 Å². The van der Waals surface area contributed by atoms with E-state index in [2.05, 4.69) is 6.07 Å². The molecular weight excluding hydrogens is 344 g/mol. The second-order valence-electron chi connectivity index (χ2n) is 5.49. The maximum absolute atomic E-state index is 5.78. The van der Waals surface area contributed by atoms with Crippen molar-refractivity contribution < 1.29 is 18.6 Å². The molecule has 0 unspecified atom stereocenters. The molecule has 0 N–H and O–H groups in total. The summed E-state index contributed by atoms with van der Waals surface area (Å²) in [7, 11) is 4.91. The molecule has 1 aliphatic rings. The third kappa shape index (κ3) is 3.35. The Balaban J connectivity index is 1.98. The second-order valence-corrected chi connectivity index (χ2v) is 8.54. The zero-order chi connectivity index (χ0) is 17.0. The van der Waals surface area contributed by atoms with Gasteiger partial charge in [-0.2, -0.15) is 0 Å². The van der Waals surface area contributed by atoms with Crippen molar-refractivity contribution in [2.45, 2.75) is 16.9 Å². The summed E-state index contributed by atoms with van der Waals surface area (Å²) < 4.78 is 22.1. The van der Waals surface area contributed by atoms with E-state index in [1.54, 1.807) is 27.6 Å². The Labute approximate surface area is 151 Å². The van der Waals surface area contributed by atoms with E-state index in [1.165, 1.54) is 6.42 Å². The van der Waals surface area contributed by atoms with Crippen molar-refractivity contribution in [3.8, 4) is 17.2 Å². The van der Waals surface area contributed by atoms with Gasteiger partial charge in [-0.1, -0.05) is 0 Å². The van der Waals surface area contributed by atoms with Gasteiger partial charge in [0.25, 0.3) is 0 Å². The minimum Gasteiger partial charge on any atom is -0.493 e. The average molecular weight is 367 g/mol. The van der Waals surface area contributed by atoms with Gasteiger partial charge in [0.05, 0.1) is 27.6 Å². The second kappa shape index (κ2) is 7.66. The van der Waals surface area contributed by atoms with Gasteiger partial charge < -0.3 is 18.6 Å². The molecule has 1 saturated heterocycles. The summed E-state index contributed by atoms with van der Waals surface area (Å²) in [5.41, 5.74) is 1.14. The van der Waals surface area contributed by atoms with Crippen LogP contribution >= 0.6 is 23.5 Å². The first-order chi connectivity index (χ1) is 11.7. The Morgan fingerprint density at radius 1 is 1.04 bits per heavy atom. The van der Waals surface area contributed by atoms with Crippen molar-refractivity contribution in [2.75, 3.05) is 32.8 Å². The molecule has 0 amide bonds. The van der Waals surface area contributed by atoms with Crippen molar-refractivity contribution in [3.05, 3.63) is 41.9 Å². The number of methoxy groups -OCH3 is 3. The van der Waals surface area contributed by atoms with Gasteiger partial charge >= 0.3 is 0 Å².